The molecule has 1 aliphatic heterocycles. The van der Waals surface area contributed by atoms with Crippen LogP contribution in [0, 0.1) is 0 Å². The van der Waals surface area contributed by atoms with E-state index in [1.165, 1.54) is 0 Å². The first kappa shape index (κ1) is 26.8. The SMILES string of the molecule is CC(C)N1CCN(C(=O)c2ccc(C3(C(=O)O)CCCc4ccccc43)cc2)CC1.CS(=O)(=O)O. The Morgan fingerprint density at radius 2 is 1.54 bits per heavy atom. The predicted octanol–water partition coefficient (Wildman–Crippen LogP) is 3.06. The summed E-state index contributed by atoms with van der Waals surface area (Å²) >= 11 is 0. The molecule has 1 unspecified atom stereocenters. The third-order valence-corrected chi connectivity index (χ3v) is 6.80. The maximum Gasteiger partial charge on any atom is 0.318 e. The summed E-state index contributed by atoms with van der Waals surface area (Å²) in [5, 5.41) is 10.3. The van der Waals surface area contributed by atoms with Gasteiger partial charge in [0.15, 0.2) is 0 Å². The molecule has 0 aromatic heterocycles. The lowest BCUT2D eigenvalue weighted by Crippen LogP contribution is -2.50. The van der Waals surface area contributed by atoms with E-state index < -0.39 is 21.5 Å². The normalized spacial score (nSPS) is 20.5. The van der Waals surface area contributed by atoms with Crippen LogP contribution in [0.4, 0.5) is 0 Å². The van der Waals surface area contributed by atoms with E-state index >= 15 is 0 Å². The topological polar surface area (TPSA) is 115 Å². The molecule has 0 spiro atoms. The molecule has 2 aromatic carbocycles. The molecule has 4 rings (SSSR count). The number of amides is 1. The Morgan fingerprint density at radius 3 is 2.09 bits per heavy atom. The summed E-state index contributed by atoms with van der Waals surface area (Å²) in [7, 11) is -3.67. The van der Waals surface area contributed by atoms with Crippen LogP contribution in [0.5, 0.6) is 0 Å². The summed E-state index contributed by atoms with van der Waals surface area (Å²) in [5.74, 6) is -0.795. The number of rotatable bonds is 4. The van der Waals surface area contributed by atoms with Gasteiger partial charge in [-0.1, -0.05) is 36.4 Å². The number of fused-ring (bicyclic) bond motifs is 1. The van der Waals surface area contributed by atoms with Crippen molar-refractivity contribution in [3.8, 4) is 0 Å². The molecule has 1 amide bonds. The molecule has 190 valence electrons. The van der Waals surface area contributed by atoms with Crippen LogP contribution >= 0.6 is 0 Å². The van der Waals surface area contributed by atoms with Gasteiger partial charge in [-0.3, -0.25) is 19.0 Å². The van der Waals surface area contributed by atoms with E-state index in [1.807, 2.05) is 41.3 Å². The monoisotopic (exact) mass is 502 g/mol. The molecule has 1 heterocycles. The van der Waals surface area contributed by atoms with Crippen molar-refractivity contribution in [2.45, 2.75) is 44.6 Å². The van der Waals surface area contributed by atoms with Crippen molar-refractivity contribution in [1.29, 1.82) is 0 Å². The second-order valence-electron chi connectivity index (χ2n) is 9.45. The van der Waals surface area contributed by atoms with E-state index in [0.717, 1.165) is 55.7 Å². The smallest absolute Gasteiger partial charge is 0.318 e. The van der Waals surface area contributed by atoms with Gasteiger partial charge in [-0.15, -0.1) is 0 Å². The largest absolute Gasteiger partial charge is 0.480 e. The van der Waals surface area contributed by atoms with Gasteiger partial charge in [0.05, 0.1) is 6.26 Å². The molecule has 1 saturated heterocycles. The maximum atomic E-state index is 13.0. The number of carbonyl (C=O) groups excluding carboxylic acids is 1. The Bertz CT molecular complexity index is 1150. The van der Waals surface area contributed by atoms with Crippen LogP contribution in [-0.2, 0) is 26.7 Å². The van der Waals surface area contributed by atoms with Crippen LogP contribution in [0.15, 0.2) is 48.5 Å². The second kappa shape index (κ2) is 10.9. The van der Waals surface area contributed by atoms with Crippen LogP contribution in [-0.4, -0.2) is 78.2 Å². The third-order valence-electron chi connectivity index (χ3n) is 6.80. The highest BCUT2D eigenvalue weighted by molar-refractivity contribution is 7.85. The minimum absolute atomic E-state index is 0.0263. The fourth-order valence-electron chi connectivity index (χ4n) is 5.00. The molecule has 2 N–H and O–H groups in total. The maximum absolute atomic E-state index is 13.0. The predicted molar refractivity (Wildman–Crippen MR) is 134 cm³/mol. The summed E-state index contributed by atoms with van der Waals surface area (Å²) in [5.41, 5.74) is 2.32. The van der Waals surface area contributed by atoms with Gasteiger partial charge in [-0.05, 0) is 61.9 Å². The molecule has 1 atom stereocenters. The zero-order valence-electron chi connectivity index (χ0n) is 20.5. The average molecular weight is 503 g/mol. The van der Waals surface area contributed by atoms with Crippen LogP contribution in [0.2, 0.25) is 0 Å². The molecule has 2 aromatic rings. The highest BCUT2D eigenvalue weighted by Gasteiger charge is 2.45. The highest BCUT2D eigenvalue weighted by atomic mass is 32.2. The van der Waals surface area contributed by atoms with Crippen molar-refractivity contribution >= 4 is 22.0 Å². The van der Waals surface area contributed by atoms with E-state index in [4.69, 9.17) is 4.55 Å². The van der Waals surface area contributed by atoms with Gasteiger partial charge < -0.3 is 10.0 Å². The van der Waals surface area contributed by atoms with Crippen molar-refractivity contribution in [3.05, 3.63) is 70.8 Å². The van der Waals surface area contributed by atoms with Gasteiger partial charge in [0.1, 0.15) is 5.41 Å². The summed E-state index contributed by atoms with van der Waals surface area (Å²) < 4.78 is 25.9. The van der Waals surface area contributed by atoms with Gasteiger partial charge in [0.25, 0.3) is 16.0 Å². The lowest BCUT2D eigenvalue weighted by Gasteiger charge is -2.37. The Balaban J connectivity index is 0.000000623. The van der Waals surface area contributed by atoms with Crippen LogP contribution in [0.3, 0.4) is 0 Å². The zero-order chi connectivity index (χ0) is 25.8. The number of aliphatic carboxylic acids is 1. The highest BCUT2D eigenvalue weighted by Crippen LogP contribution is 2.43. The Hall–Kier alpha value is -2.75. The molecule has 8 nitrogen and oxygen atoms in total. The van der Waals surface area contributed by atoms with Gasteiger partial charge in [-0.2, -0.15) is 8.42 Å². The number of carboxylic acid groups (broad SMARTS) is 1. The number of nitrogens with zero attached hydrogens (tertiary/aromatic N) is 2. The molecular weight excluding hydrogens is 468 g/mol. The Kier molecular flexibility index (Phi) is 8.35. The standard InChI is InChI=1S/C25H30N2O3.CH4O3S/c1-18(2)26-14-16-27(17-15-26)23(28)20-9-11-21(12-10-20)25(24(29)30)13-5-7-19-6-3-4-8-22(19)25;1-5(2,3)4/h3-4,6,8-12,18H,5,7,13-17H2,1-2H3,(H,29,30);1H3,(H,2,3,4). The molecular formula is C26H34N2O6S. The number of carbonyl (C=O) groups is 2. The Labute approximate surface area is 207 Å². The zero-order valence-corrected chi connectivity index (χ0v) is 21.3. The van der Waals surface area contributed by atoms with E-state index in [2.05, 4.69) is 18.7 Å². The van der Waals surface area contributed by atoms with Crippen molar-refractivity contribution < 1.29 is 27.7 Å². The minimum Gasteiger partial charge on any atom is -0.480 e. The van der Waals surface area contributed by atoms with E-state index in [0.29, 0.717) is 24.3 Å². The molecule has 35 heavy (non-hydrogen) atoms. The first-order valence-electron chi connectivity index (χ1n) is 11.8. The van der Waals surface area contributed by atoms with Gasteiger partial charge in [0, 0.05) is 37.8 Å². The lowest BCUT2D eigenvalue weighted by molar-refractivity contribution is -0.142. The van der Waals surface area contributed by atoms with Crippen LogP contribution in [0.25, 0.3) is 0 Å². The fourth-order valence-corrected chi connectivity index (χ4v) is 5.00. The van der Waals surface area contributed by atoms with Crippen LogP contribution < -0.4 is 0 Å². The summed E-state index contributed by atoms with van der Waals surface area (Å²) in [4.78, 5) is 29.8. The van der Waals surface area contributed by atoms with Crippen molar-refractivity contribution in [1.82, 2.24) is 9.80 Å². The number of carboxylic acids is 1. The van der Waals surface area contributed by atoms with Gasteiger partial charge in [0.2, 0.25) is 0 Å². The summed E-state index contributed by atoms with van der Waals surface area (Å²) in [6.07, 6.45) is 3.03. The second-order valence-corrected chi connectivity index (χ2v) is 10.9. The molecule has 9 heteroatoms. The van der Waals surface area contributed by atoms with E-state index in [1.54, 1.807) is 12.1 Å². The number of hydrogen-bond donors (Lipinski definition) is 2. The summed E-state index contributed by atoms with van der Waals surface area (Å²) in [6, 6.07) is 15.6. The van der Waals surface area contributed by atoms with Crippen molar-refractivity contribution in [2.24, 2.45) is 0 Å². The minimum atomic E-state index is -3.67. The fraction of sp³-hybridized carbons (Fsp3) is 0.462. The average Bonchev–Trinajstić information content (AvgIpc) is 2.82. The van der Waals surface area contributed by atoms with Crippen molar-refractivity contribution in [3.63, 3.8) is 0 Å². The third kappa shape index (κ3) is 6.28. The number of hydrogen-bond acceptors (Lipinski definition) is 5. The molecule has 1 aliphatic carbocycles. The van der Waals surface area contributed by atoms with Gasteiger partial charge >= 0.3 is 5.97 Å². The molecule has 0 bridgehead atoms. The van der Waals surface area contributed by atoms with Crippen LogP contribution in [0.1, 0.15) is 53.7 Å². The number of piperazine rings is 1. The molecule has 2 aliphatic rings. The molecule has 1 fully saturated rings. The first-order valence-corrected chi connectivity index (χ1v) is 13.7. The van der Waals surface area contributed by atoms with Crippen molar-refractivity contribution in [2.75, 3.05) is 32.4 Å². The summed E-state index contributed by atoms with van der Waals surface area (Å²) in [6.45, 7) is 7.59. The Morgan fingerprint density at radius 1 is 0.971 bits per heavy atom. The van der Waals surface area contributed by atoms with Gasteiger partial charge in [-0.25, -0.2) is 0 Å². The van der Waals surface area contributed by atoms with E-state index in [9.17, 15) is 23.1 Å². The molecule has 0 radical (unpaired) electrons. The van der Waals surface area contributed by atoms with E-state index in [-0.39, 0.29) is 5.91 Å². The lowest BCUT2D eigenvalue weighted by atomic mass is 9.66. The quantitative estimate of drug-likeness (QED) is 0.618. The molecule has 0 saturated carbocycles. The first-order chi connectivity index (χ1) is 16.4. The number of aryl methyl sites for hydroxylation is 1. The number of benzene rings is 2.